The Kier molecular flexibility index (Phi) is 6.65. The molecule has 0 fully saturated rings. The number of hydrogen-bond donors (Lipinski definition) is 1. The predicted octanol–water partition coefficient (Wildman–Crippen LogP) is 2.96. The molecule has 1 N–H and O–H groups in total. The van der Waals surface area contributed by atoms with Gasteiger partial charge in [-0.2, -0.15) is 5.10 Å². The van der Waals surface area contributed by atoms with Gasteiger partial charge in [0.2, 0.25) is 5.88 Å². The van der Waals surface area contributed by atoms with E-state index in [0.29, 0.717) is 11.8 Å². The predicted molar refractivity (Wildman–Crippen MR) is 73.7 cm³/mol. The number of ether oxygens (including phenoxy) is 1. The topological polar surface area (TPSA) is 47.0 Å². The van der Waals surface area contributed by atoms with Crippen LogP contribution >= 0.6 is 0 Å². The van der Waals surface area contributed by atoms with Gasteiger partial charge in [-0.1, -0.05) is 33.6 Å². The van der Waals surface area contributed by atoms with E-state index in [1.54, 1.807) is 7.11 Å². The molecule has 0 radical (unpaired) electrons. The van der Waals surface area contributed by atoms with Crippen LogP contribution < -0.4 is 10.1 Å². The fraction of sp³-hybridized carbons (Fsp3) is 0.714. The highest BCUT2D eigenvalue weighted by molar-refractivity contribution is 5.14. The Balaban J connectivity index is 2.69. The second-order valence-electron chi connectivity index (χ2n) is 4.74. The molecular formula is C14H25N3O. The largest absolute Gasteiger partial charge is 0.480 e. The van der Waals surface area contributed by atoms with Gasteiger partial charge in [-0.05, 0) is 24.9 Å². The monoisotopic (exact) mass is 251 g/mol. The molecule has 0 spiro atoms. The van der Waals surface area contributed by atoms with Crippen molar-refractivity contribution in [3.8, 4) is 5.88 Å². The smallest absolute Gasteiger partial charge is 0.233 e. The van der Waals surface area contributed by atoms with Crippen LogP contribution in [0.1, 0.15) is 51.8 Å². The molecule has 1 rings (SSSR count). The Bertz CT molecular complexity index is 326. The average Bonchev–Trinajstić information content (AvgIpc) is 2.39. The summed E-state index contributed by atoms with van der Waals surface area (Å²) in [6, 6.07) is 4.16. The van der Waals surface area contributed by atoms with E-state index in [-0.39, 0.29) is 6.04 Å². The summed E-state index contributed by atoms with van der Waals surface area (Å²) in [4.78, 5) is 0. The first kappa shape index (κ1) is 14.9. The lowest BCUT2D eigenvalue weighted by Crippen LogP contribution is -2.24. The fourth-order valence-electron chi connectivity index (χ4n) is 2.19. The van der Waals surface area contributed by atoms with Crippen molar-refractivity contribution in [2.45, 2.75) is 46.1 Å². The van der Waals surface area contributed by atoms with Gasteiger partial charge < -0.3 is 10.1 Å². The van der Waals surface area contributed by atoms with Gasteiger partial charge in [0.15, 0.2) is 0 Å². The molecule has 1 heterocycles. The van der Waals surface area contributed by atoms with Crippen LogP contribution in [0.15, 0.2) is 12.1 Å². The molecule has 0 saturated carbocycles. The molecule has 0 aliphatic rings. The summed E-state index contributed by atoms with van der Waals surface area (Å²) < 4.78 is 5.03. The first-order chi connectivity index (χ1) is 8.71. The van der Waals surface area contributed by atoms with Crippen molar-refractivity contribution >= 4 is 0 Å². The van der Waals surface area contributed by atoms with Crippen molar-refractivity contribution in [1.82, 2.24) is 15.5 Å². The molecular weight excluding hydrogens is 226 g/mol. The molecule has 0 aliphatic heterocycles. The molecule has 0 saturated heterocycles. The van der Waals surface area contributed by atoms with Gasteiger partial charge >= 0.3 is 0 Å². The van der Waals surface area contributed by atoms with E-state index in [1.807, 2.05) is 12.1 Å². The van der Waals surface area contributed by atoms with Gasteiger partial charge in [0.1, 0.15) is 0 Å². The lowest BCUT2D eigenvalue weighted by molar-refractivity contribution is 0.375. The van der Waals surface area contributed by atoms with E-state index in [1.165, 1.54) is 12.8 Å². The normalized spacial score (nSPS) is 14.2. The van der Waals surface area contributed by atoms with Gasteiger partial charge in [0.05, 0.1) is 18.8 Å². The second-order valence-corrected chi connectivity index (χ2v) is 4.74. The Morgan fingerprint density at radius 1 is 1.28 bits per heavy atom. The summed E-state index contributed by atoms with van der Waals surface area (Å²) in [5.74, 6) is 1.26. The van der Waals surface area contributed by atoms with Crippen LogP contribution in [0.3, 0.4) is 0 Å². The number of hydrogen-bond acceptors (Lipinski definition) is 4. The van der Waals surface area contributed by atoms with Crippen LogP contribution in [0.5, 0.6) is 5.88 Å². The third kappa shape index (κ3) is 4.61. The highest BCUT2D eigenvalue weighted by Crippen LogP contribution is 2.22. The van der Waals surface area contributed by atoms with Crippen LogP contribution in [-0.4, -0.2) is 23.9 Å². The zero-order chi connectivity index (χ0) is 13.4. The third-order valence-electron chi connectivity index (χ3n) is 3.10. The minimum absolute atomic E-state index is 0.287. The SMILES string of the molecule is CCCC(C)CC(NCC)c1ccc(OC)nn1. The van der Waals surface area contributed by atoms with E-state index in [2.05, 4.69) is 36.3 Å². The number of rotatable bonds is 8. The van der Waals surface area contributed by atoms with Crippen molar-refractivity contribution in [1.29, 1.82) is 0 Å². The number of methoxy groups -OCH3 is 1. The van der Waals surface area contributed by atoms with Crippen LogP contribution in [0.4, 0.5) is 0 Å². The molecule has 0 bridgehead atoms. The highest BCUT2D eigenvalue weighted by Gasteiger charge is 2.15. The van der Waals surface area contributed by atoms with E-state index < -0.39 is 0 Å². The zero-order valence-electron chi connectivity index (χ0n) is 11.9. The Hall–Kier alpha value is -1.16. The van der Waals surface area contributed by atoms with Crippen LogP contribution in [0.25, 0.3) is 0 Å². The summed E-state index contributed by atoms with van der Waals surface area (Å²) >= 11 is 0. The number of nitrogens with zero attached hydrogens (tertiary/aromatic N) is 2. The maximum Gasteiger partial charge on any atom is 0.233 e. The Labute approximate surface area is 110 Å². The molecule has 1 aromatic heterocycles. The summed E-state index contributed by atoms with van der Waals surface area (Å²) in [5, 5.41) is 11.8. The molecule has 2 unspecified atom stereocenters. The van der Waals surface area contributed by atoms with Crippen molar-refractivity contribution in [2.75, 3.05) is 13.7 Å². The van der Waals surface area contributed by atoms with Crippen LogP contribution in [0.2, 0.25) is 0 Å². The molecule has 0 amide bonds. The van der Waals surface area contributed by atoms with E-state index in [0.717, 1.165) is 18.7 Å². The first-order valence-corrected chi connectivity index (χ1v) is 6.82. The molecule has 0 aromatic carbocycles. The van der Waals surface area contributed by atoms with Crippen LogP contribution in [0, 0.1) is 5.92 Å². The average molecular weight is 251 g/mol. The third-order valence-corrected chi connectivity index (χ3v) is 3.10. The van der Waals surface area contributed by atoms with E-state index in [9.17, 15) is 0 Å². The van der Waals surface area contributed by atoms with Gasteiger partial charge in [0.25, 0.3) is 0 Å². The minimum atomic E-state index is 0.287. The van der Waals surface area contributed by atoms with Gasteiger partial charge in [0, 0.05) is 6.07 Å². The standard InChI is InChI=1S/C14H25N3O/c1-5-7-11(3)10-13(15-6-2)12-8-9-14(18-4)17-16-12/h8-9,11,13,15H,5-7,10H2,1-4H3. The highest BCUT2D eigenvalue weighted by atomic mass is 16.5. The molecule has 102 valence electrons. The maximum absolute atomic E-state index is 5.03. The van der Waals surface area contributed by atoms with Crippen molar-refractivity contribution < 1.29 is 4.74 Å². The van der Waals surface area contributed by atoms with Crippen molar-refractivity contribution in [3.63, 3.8) is 0 Å². The van der Waals surface area contributed by atoms with Crippen molar-refractivity contribution in [3.05, 3.63) is 17.8 Å². The van der Waals surface area contributed by atoms with Gasteiger partial charge in [-0.15, -0.1) is 5.10 Å². The zero-order valence-corrected chi connectivity index (χ0v) is 11.9. The summed E-state index contributed by atoms with van der Waals surface area (Å²) in [6.07, 6.45) is 3.59. The Morgan fingerprint density at radius 2 is 2.06 bits per heavy atom. The Morgan fingerprint density at radius 3 is 2.56 bits per heavy atom. The molecule has 0 aliphatic carbocycles. The van der Waals surface area contributed by atoms with Crippen molar-refractivity contribution in [2.24, 2.45) is 5.92 Å². The molecule has 18 heavy (non-hydrogen) atoms. The lowest BCUT2D eigenvalue weighted by atomic mass is 9.95. The summed E-state index contributed by atoms with van der Waals surface area (Å²) in [5.41, 5.74) is 1.00. The van der Waals surface area contributed by atoms with E-state index >= 15 is 0 Å². The second kappa shape index (κ2) is 8.03. The number of aromatic nitrogens is 2. The van der Waals surface area contributed by atoms with Gasteiger partial charge in [-0.3, -0.25) is 0 Å². The first-order valence-electron chi connectivity index (χ1n) is 6.82. The maximum atomic E-state index is 5.03. The molecule has 4 heteroatoms. The number of nitrogens with one attached hydrogen (secondary N) is 1. The minimum Gasteiger partial charge on any atom is -0.480 e. The van der Waals surface area contributed by atoms with Gasteiger partial charge in [-0.25, -0.2) is 0 Å². The molecule has 2 atom stereocenters. The quantitative estimate of drug-likeness (QED) is 0.771. The lowest BCUT2D eigenvalue weighted by Gasteiger charge is -2.20. The van der Waals surface area contributed by atoms with E-state index in [4.69, 9.17) is 4.74 Å². The fourth-order valence-corrected chi connectivity index (χ4v) is 2.19. The summed E-state index contributed by atoms with van der Waals surface area (Å²) in [7, 11) is 1.61. The van der Waals surface area contributed by atoms with Crippen LogP contribution in [-0.2, 0) is 0 Å². The molecule has 4 nitrogen and oxygen atoms in total. The summed E-state index contributed by atoms with van der Waals surface area (Å²) in [6.45, 7) is 7.59. The molecule has 1 aromatic rings.